The second-order valence-corrected chi connectivity index (χ2v) is 12.8. The number of likely N-dealkylation sites (tertiary alicyclic amines) is 1. The van der Waals surface area contributed by atoms with Gasteiger partial charge in [-0.25, -0.2) is 18.9 Å². The van der Waals surface area contributed by atoms with Crippen LogP contribution in [0.4, 0.5) is 18.0 Å². The monoisotopic (exact) mass is 631 g/mol. The lowest BCUT2D eigenvalue weighted by Gasteiger charge is -2.45. The molecule has 2 amide bonds. The number of aliphatic hydroxyl groups is 1. The second kappa shape index (κ2) is 11.3. The van der Waals surface area contributed by atoms with Crippen molar-refractivity contribution in [3.63, 3.8) is 0 Å². The quantitative estimate of drug-likeness (QED) is 0.397. The molecule has 14 heteroatoms. The molecule has 7 rings (SSSR count). The van der Waals surface area contributed by atoms with Crippen LogP contribution in [0.15, 0.2) is 52.7 Å². The fraction of sp³-hybridized carbons (Fsp3) is 0.448. The summed E-state index contributed by atoms with van der Waals surface area (Å²) in [6, 6.07) is 4.24. The van der Waals surface area contributed by atoms with Crippen LogP contribution in [-0.2, 0) is 0 Å². The lowest BCUT2D eigenvalue weighted by molar-refractivity contribution is -0.0369. The lowest BCUT2D eigenvalue weighted by atomic mass is 9.75. The van der Waals surface area contributed by atoms with Crippen molar-refractivity contribution in [2.75, 3.05) is 19.6 Å². The van der Waals surface area contributed by atoms with Crippen molar-refractivity contribution in [1.29, 1.82) is 0 Å². The first-order chi connectivity index (χ1) is 20.8. The second-order valence-electron chi connectivity index (χ2n) is 11.5. The number of nitrogens with one attached hydrogen (secondary N) is 1. The Kier molecular flexibility index (Phi) is 7.42. The first kappa shape index (κ1) is 28.4. The van der Waals surface area contributed by atoms with E-state index in [2.05, 4.69) is 15.4 Å². The molecule has 5 heterocycles. The van der Waals surface area contributed by atoms with Gasteiger partial charge in [0.15, 0.2) is 10.8 Å². The minimum atomic E-state index is -2.83. The molecule has 5 atom stereocenters. The molecule has 0 radical (unpaired) electrons. The van der Waals surface area contributed by atoms with Gasteiger partial charge >= 0.3 is 12.6 Å². The number of hydrogen-bond acceptors (Lipinski definition) is 7. The molecule has 2 aromatic heterocycles. The Hall–Kier alpha value is -3.42. The van der Waals surface area contributed by atoms with E-state index in [0.29, 0.717) is 52.7 Å². The van der Waals surface area contributed by atoms with Crippen LogP contribution >= 0.6 is 22.9 Å². The summed E-state index contributed by atoms with van der Waals surface area (Å²) in [5, 5.41) is 20.6. The fourth-order valence-corrected chi connectivity index (χ4v) is 7.80. The maximum absolute atomic E-state index is 14.1. The first-order valence-electron chi connectivity index (χ1n) is 14.3. The van der Waals surface area contributed by atoms with Crippen LogP contribution in [0.2, 0.25) is 5.02 Å². The van der Waals surface area contributed by atoms with E-state index >= 15 is 0 Å². The van der Waals surface area contributed by atoms with Gasteiger partial charge in [-0.1, -0.05) is 24.1 Å². The van der Waals surface area contributed by atoms with Gasteiger partial charge in [-0.2, -0.15) is 13.9 Å². The van der Waals surface area contributed by atoms with Gasteiger partial charge in [-0.15, -0.1) is 11.3 Å². The molecular weight excluding hydrogens is 603 g/mol. The van der Waals surface area contributed by atoms with Crippen LogP contribution in [-0.4, -0.2) is 73.3 Å². The van der Waals surface area contributed by atoms with Gasteiger partial charge in [-0.3, -0.25) is 4.99 Å². The highest BCUT2D eigenvalue weighted by Gasteiger charge is 2.43. The smallest absolute Gasteiger partial charge is 0.333 e. The van der Waals surface area contributed by atoms with E-state index in [1.165, 1.54) is 35.7 Å². The zero-order valence-corrected chi connectivity index (χ0v) is 24.5. The van der Waals surface area contributed by atoms with Gasteiger partial charge < -0.3 is 20.2 Å². The fourth-order valence-electron chi connectivity index (χ4n) is 6.89. The molecule has 0 unspecified atom stereocenters. The summed E-state index contributed by atoms with van der Waals surface area (Å²) in [5.41, 5.74) is 2.09. The van der Waals surface area contributed by atoms with Gasteiger partial charge in [0.25, 0.3) is 0 Å². The summed E-state index contributed by atoms with van der Waals surface area (Å²) in [6.07, 6.45) is 5.76. The Morgan fingerprint density at radius 1 is 1.16 bits per heavy atom. The third-order valence-corrected chi connectivity index (χ3v) is 9.96. The van der Waals surface area contributed by atoms with E-state index in [-0.39, 0.29) is 40.7 Å². The van der Waals surface area contributed by atoms with Crippen molar-refractivity contribution in [3.8, 4) is 0 Å². The van der Waals surface area contributed by atoms with Gasteiger partial charge in [0.2, 0.25) is 0 Å². The minimum absolute atomic E-state index is 0.0808. The van der Waals surface area contributed by atoms with Crippen molar-refractivity contribution in [1.82, 2.24) is 29.9 Å². The van der Waals surface area contributed by atoms with E-state index in [4.69, 9.17) is 16.6 Å². The van der Waals surface area contributed by atoms with Gasteiger partial charge in [0.05, 0.1) is 17.8 Å². The number of halogens is 4. The lowest BCUT2D eigenvalue weighted by Crippen LogP contribution is -2.56. The number of carbonyl (C=O) groups excluding carboxylic acids is 1. The van der Waals surface area contributed by atoms with Crippen molar-refractivity contribution in [2.45, 2.75) is 50.4 Å². The van der Waals surface area contributed by atoms with E-state index in [0.717, 1.165) is 25.0 Å². The number of aromatic nitrogens is 3. The average molecular weight is 632 g/mol. The zero-order valence-electron chi connectivity index (χ0n) is 22.9. The number of carbonyl (C=O) groups is 1. The highest BCUT2D eigenvalue weighted by atomic mass is 35.5. The number of fused-ring (bicyclic) bond motifs is 3. The van der Waals surface area contributed by atoms with Crippen LogP contribution in [0.5, 0.6) is 0 Å². The highest BCUT2D eigenvalue weighted by Crippen LogP contribution is 2.46. The largest absolute Gasteiger partial charge is 0.392 e. The molecule has 2 saturated heterocycles. The SMILES string of the molecule is O=C(N[C@H]1CC2=C(c3ccn(C(F)F)n3)[C@H](c3ccc(F)cc3Cl)N=C(c3nccs3)N2C1)N1C[C@H]2CCC[C@@H](C1)[C@H]2O. The Balaban J connectivity index is 1.26. The third kappa shape index (κ3) is 5.21. The van der Waals surface area contributed by atoms with Crippen molar-refractivity contribution in [2.24, 2.45) is 16.8 Å². The van der Waals surface area contributed by atoms with Crippen LogP contribution in [0.1, 0.15) is 54.5 Å². The number of alkyl halides is 2. The van der Waals surface area contributed by atoms with Gasteiger partial charge in [-0.05, 0) is 31.0 Å². The molecule has 1 saturated carbocycles. The van der Waals surface area contributed by atoms with Crippen LogP contribution < -0.4 is 5.32 Å². The Labute approximate surface area is 254 Å². The molecule has 0 spiro atoms. The molecule has 3 fully saturated rings. The topological polar surface area (TPSA) is 98.9 Å². The van der Waals surface area contributed by atoms with Crippen LogP contribution in [0.25, 0.3) is 5.57 Å². The van der Waals surface area contributed by atoms with Crippen molar-refractivity contribution in [3.05, 3.63) is 74.8 Å². The van der Waals surface area contributed by atoms with Crippen molar-refractivity contribution < 1.29 is 23.1 Å². The minimum Gasteiger partial charge on any atom is -0.392 e. The summed E-state index contributed by atoms with van der Waals surface area (Å²) in [5.74, 6) is 0.207. The molecule has 3 aromatic rings. The van der Waals surface area contributed by atoms with E-state index in [1.807, 2.05) is 10.3 Å². The molecular formula is C29H29ClF3N7O2S. The molecule has 2 bridgehead atoms. The number of hydrogen-bond donors (Lipinski definition) is 2. The van der Waals surface area contributed by atoms with E-state index in [1.54, 1.807) is 17.2 Å². The first-order valence-corrected chi connectivity index (χ1v) is 15.5. The normalized spacial score (nSPS) is 27.0. The summed E-state index contributed by atoms with van der Waals surface area (Å²) in [6.45, 7) is -1.43. The number of aliphatic imine (C=N–C) groups is 1. The number of amidine groups is 1. The average Bonchev–Trinajstić information content (AvgIpc) is 3.73. The molecule has 1 aromatic carbocycles. The maximum Gasteiger partial charge on any atom is 0.333 e. The van der Waals surface area contributed by atoms with Crippen LogP contribution in [0, 0.1) is 17.7 Å². The van der Waals surface area contributed by atoms with Crippen molar-refractivity contribution >= 4 is 40.4 Å². The molecule has 43 heavy (non-hydrogen) atoms. The Morgan fingerprint density at radius 2 is 1.95 bits per heavy atom. The third-order valence-electron chi connectivity index (χ3n) is 8.87. The summed E-state index contributed by atoms with van der Waals surface area (Å²) < 4.78 is 41.8. The maximum atomic E-state index is 14.1. The molecule has 9 nitrogen and oxygen atoms in total. The predicted octanol–water partition coefficient (Wildman–Crippen LogP) is 5.32. The number of rotatable bonds is 5. The number of nitrogens with zero attached hydrogens (tertiary/aromatic N) is 6. The van der Waals surface area contributed by atoms with Crippen LogP contribution in [0.3, 0.4) is 0 Å². The zero-order chi connectivity index (χ0) is 29.8. The van der Waals surface area contributed by atoms with Gasteiger partial charge in [0.1, 0.15) is 11.9 Å². The number of piperidine rings is 1. The number of amides is 2. The molecule has 1 aliphatic carbocycles. The molecule has 226 valence electrons. The summed E-state index contributed by atoms with van der Waals surface area (Å²) >= 11 is 7.93. The standard InChI is InChI=1S/C29H29ClF3N7O2S/c30-20-10-17(31)4-5-19(20)24-23(21-6-8-40(37-21)28(32)33)22-11-18(14-39(22)26(36-24)27-34-7-9-43-27)35-29(42)38-12-15-2-1-3-16(13-38)25(15)41/h4-10,15-16,18,24-25,28,41H,1-3,11-14H2,(H,35,42)/t15-,16+,18-,24-,25+/m0/s1. The number of benzene rings is 1. The van der Waals surface area contributed by atoms with E-state index < -0.39 is 18.4 Å². The Morgan fingerprint density at radius 3 is 2.63 bits per heavy atom. The predicted molar refractivity (Wildman–Crippen MR) is 155 cm³/mol. The summed E-state index contributed by atoms with van der Waals surface area (Å²) in [4.78, 5) is 26.8. The summed E-state index contributed by atoms with van der Waals surface area (Å²) in [7, 11) is 0. The van der Waals surface area contributed by atoms with Gasteiger partial charge in [0, 0.05) is 77.5 Å². The molecule has 2 N–H and O–H groups in total. The highest BCUT2D eigenvalue weighted by molar-refractivity contribution is 7.11. The number of thiazole rings is 1. The molecule has 4 aliphatic rings. The number of aliphatic hydroxyl groups excluding tert-OH is 1. The molecule has 3 aliphatic heterocycles. The van der Waals surface area contributed by atoms with E-state index in [9.17, 15) is 23.1 Å². The number of urea groups is 1. The Bertz CT molecular complexity index is 1580.